The van der Waals surface area contributed by atoms with Gasteiger partial charge in [-0.25, -0.2) is 0 Å². The number of thiophene rings is 1. The van der Waals surface area contributed by atoms with Gasteiger partial charge in [0.1, 0.15) is 0 Å². The molecule has 1 heterocycles. The Labute approximate surface area is 65.4 Å². The van der Waals surface area contributed by atoms with Crippen LogP contribution in [-0.2, 0) is 0 Å². The summed E-state index contributed by atoms with van der Waals surface area (Å²) in [5.41, 5.74) is 0. The molecule has 0 bridgehead atoms. The summed E-state index contributed by atoms with van der Waals surface area (Å²) in [6, 6.07) is 4.21. The molecular formula is C7H6SSe. The third-order valence-electron chi connectivity index (χ3n) is 0.793. The predicted molar refractivity (Wildman–Crippen MR) is 43.3 cm³/mol. The average Bonchev–Trinajstić information content (AvgIpc) is 2.34. The van der Waals surface area contributed by atoms with Crippen LogP contribution in [0.5, 0.6) is 0 Å². The SMILES string of the molecule is C#CC[Se]c1cccs1. The summed E-state index contributed by atoms with van der Waals surface area (Å²) < 4.78 is 1.44. The summed E-state index contributed by atoms with van der Waals surface area (Å²) in [7, 11) is 0. The van der Waals surface area contributed by atoms with E-state index in [1.54, 1.807) is 11.3 Å². The van der Waals surface area contributed by atoms with E-state index in [4.69, 9.17) is 6.42 Å². The van der Waals surface area contributed by atoms with E-state index in [1.165, 1.54) is 3.78 Å². The van der Waals surface area contributed by atoms with Crippen molar-refractivity contribution in [2.24, 2.45) is 0 Å². The Balaban J connectivity index is 2.41. The van der Waals surface area contributed by atoms with Gasteiger partial charge in [-0.2, -0.15) is 0 Å². The second-order valence-electron chi connectivity index (χ2n) is 1.42. The van der Waals surface area contributed by atoms with Crippen LogP contribution in [0.15, 0.2) is 17.5 Å². The molecule has 1 rings (SSSR count). The van der Waals surface area contributed by atoms with E-state index in [2.05, 4.69) is 23.4 Å². The molecule has 0 unspecified atom stereocenters. The van der Waals surface area contributed by atoms with Crippen LogP contribution in [0.25, 0.3) is 0 Å². The minimum atomic E-state index is 0.531. The Morgan fingerprint density at radius 3 is 3.22 bits per heavy atom. The Hall–Kier alpha value is -0.221. The number of terminal acetylenes is 1. The van der Waals surface area contributed by atoms with Crippen LogP contribution in [0.2, 0.25) is 5.32 Å². The zero-order valence-corrected chi connectivity index (χ0v) is 7.36. The molecule has 0 aliphatic rings. The molecule has 0 saturated carbocycles. The molecule has 0 atom stereocenters. The molecule has 0 aliphatic heterocycles. The van der Waals surface area contributed by atoms with E-state index in [9.17, 15) is 0 Å². The first-order valence-electron chi connectivity index (χ1n) is 2.53. The fraction of sp³-hybridized carbons (Fsp3) is 0.143. The Morgan fingerprint density at radius 2 is 2.67 bits per heavy atom. The van der Waals surface area contributed by atoms with Crippen molar-refractivity contribution in [2.75, 3.05) is 0 Å². The van der Waals surface area contributed by atoms with Gasteiger partial charge in [-0.1, -0.05) is 0 Å². The summed E-state index contributed by atoms with van der Waals surface area (Å²) >= 11 is 2.33. The molecule has 9 heavy (non-hydrogen) atoms. The van der Waals surface area contributed by atoms with Gasteiger partial charge >= 0.3 is 65.2 Å². The van der Waals surface area contributed by atoms with Crippen LogP contribution in [0.1, 0.15) is 0 Å². The molecular weight excluding hydrogens is 195 g/mol. The van der Waals surface area contributed by atoms with E-state index in [0.29, 0.717) is 15.0 Å². The fourth-order valence-corrected chi connectivity index (χ4v) is 2.90. The third kappa shape index (κ3) is 2.24. The van der Waals surface area contributed by atoms with Crippen LogP contribution in [0.4, 0.5) is 0 Å². The minimum absolute atomic E-state index is 0.531. The first-order chi connectivity index (χ1) is 4.43. The van der Waals surface area contributed by atoms with Crippen molar-refractivity contribution in [3.05, 3.63) is 17.5 Å². The summed E-state index contributed by atoms with van der Waals surface area (Å²) in [4.78, 5) is 0. The molecule has 46 valence electrons. The van der Waals surface area contributed by atoms with Crippen LogP contribution in [-0.4, -0.2) is 15.0 Å². The van der Waals surface area contributed by atoms with Crippen molar-refractivity contribution >= 4 is 30.1 Å². The molecule has 0 amide bonds. The van der Waals surface area contributed by atoms with Gasteiger partial charge in [-0.05, 0) is 0 Å². The van der Waals surface area contributed by atoms with Gasteiger partial charge < -0.3 is 0 Å². The summed E-state index contributed by atoms with van der Waals surface area (Å²) in [5, 5.41) is 3.01. The molecule has 0 fully saturated rings. The van der Waals surface area contributed by atoms with Crippen LogP contribution < -0.4 is 3.78 Å². The normalized spacial score (nSPS) is 8.78. The van der Waals surface area contributed by atoms with Crippen molar-refractivity contribution in [1.29, 1.82) is 0 Å². The van der Waals surface area contributed by atoms with E-state index in [0.717, 1.165) is 5.32 Å². The van der Waals surface area contributed by atoms with Crippen molar-refractivity contribution in [2.45, 2.75) is 5.32 Å². The maximum absolute atomic E-state index is 5.12. The van der Waals surface area contributed by atoms with E-state index >= 15 is 0 Å². The number of rotatable bonds is 2. The fourth-order valence-electron chi connectivity index (χ4n) is 0.458. The molecule has 0 aromatic carbocycles. The van der Waals surface area contributed by atoms with Crippen LogP contribution >= 0.6 is 11.3 Å². The average molecular weight is 201 g/mol. The van der Waals surface area contributed by atoms with E-state index in [-0.39, 0.29) is 0 Å². The molecule has 0 nitrogen and oxygen atoms in total. The van der Waals surface area contributed by atoms with Crippen molar-refractivity contribution in [3.8, 4) is 12.3 Å². The molecule has 1 aromatic heterocycles. The first kappa shape index (κ1) is 6.89. The van der Waals surface area contributed by atoms with Gasteiger partial charge in [0, 0.05) is 0 Å². The van der Waals surface area contributed by atoms with Crippen LogP contribution in [0, 0.1) is 12.3 Å². The van der Waals surface area contributed by atoms with Gasteiger partial charge in [0.25, 0.3) is 0 Å². The Kier molecular flexibility index (Phi) is 2.86. The van der Waals surface area contributed by atoms with E-state index < -0.39 is 0 Å². The Bertz CT molecular complexity index is 195. The summed E-state index contributed by atoms with van der Waals surface area (Å²) in [6.07, 6.45) is 5.12. The Morgan fingerprint density at radius 1 is 1.78 bits per heavy atom. The van der Waals surface area contributed by atoms with Gasteiger partial charge in [0.2, 0.25) is 0 Å². The quantitative estimate of drug-likeness (QED) is 0.497. The third-order valence-corrected chi connectivity index (χ3v) is 4.21. The molecule has 0 radical (unpaired) electrons. The predicted octanol–water partition coefficient (Wildman–Crippen LogP) is 1.13. The second kappa shape index (κ2) is 3.74. The van der Waals surface area contributed by atoms with Gasteiger partial charge in [0.05, 0.1) is 0 Å². The number of hydrogen-bond donors (Lipinski definition) is 0. The van der Waals surface area contributed by atoms with Crippen molar-refractivity contribution < 1.29 is 0 Å². The zero-order valence-electron chi connectivity index (χ0n) is 4.83. The number of hydrogen-bond acceptors (Lipinski definition) is 1. The molecule has 0 aliphatic carbocycles. The molecule has 1 aromatic rings. The summed E-state index contributed by atoms with van der Waals surface area (Å²) in [5.74, 6) is 2.64. The topological polar surface area (TPSA) is 0 Å². The zero-order chi connectivity index (χ0) is 6.53. The maximum atomic E-state index is 5.12. The monoisotopic (exact) mass is 202 g/mol. The van der Waals surface area contributed by atoms with Crippen molar-refractivity contribution in [3.63, 3.8) is 0 Å². The standard InChI is InChI=1S/C7H6SSe/c1-2-6-9-7-4-3-5-8-7/h1,3-5H,6H2. The summed E-state index contributed by atoms with van der Waals surface area (Å²) in [6.45, 7) is 0. The molecule has 0 saturated heterocycles. The van der Waals surface area contributed by atoms with Crippen molar-refractivity contribution in [1.82, 2.24) is 0 Å². The van der Waals surface area contributed by atoms with Gasteiger partial charge in [-0.15, -0.1) is 0 Å². The molecule has 0 N–H and O–H groups in total. The second-order valence-corrected chi connectivity index (χ2v) is 5.09. The molecule has 0 spiro atoms. The van der Waals surface area contributed by atoms with Crippen LogP contribution in [0.3, 0.4) is 0 Å². The first-order valence-corrected chi connectivity index (χ1v) is 5.48. The van der Waals surface area contributed by atoms with Gasteiger partial charge in [-0.3, -0.25) is 0 Å². The van der Waals surface area contributed by atoms with Gasteiger partial charge in [0.15, 0.2) is 0 Å². The van der Waals surface area contributed by atoms with E-state index in [1.807, 2.05) is 0 Å². The molecule has 2 heteroatoms.